The Bertz CT molecular complexity index is 637. The molecule has 0 amide bonds. The Morgan fingerprint density at radius 3 is 1.91 bits per heavy atom. The smallest absolute Gasteiger partial charge is 0.142 e. The molecular formula is C21H25NO. The topological polar surface area (TPSA) is 29.1 Å². The molecule has 0 aliphatic carbocycles. The van der Waals surface area contributed by atoms with Crippen molar-refractivity contribution in [2.24, 2.45) is 11.8 Å². The van der Waals surface area contributed by atoms with Crippen LogP contribution in [0.25, 0.3) is 0 Å². The van der Waals surface area contributed by atoms with E-state index in [9.17, 15) is 4.79 Å². The molecule has 0 aromatic heterocycles. The molecule has 0 bridgehead atoms. The summed E-state index contributed by atoms with van der Waals surface area (Å²) in [6.07, 6.45) is 1.97. The minimum Gasteiger partial charge on any atom is -0.302 e. The predicted octanol–water partition coefficient (Wildman–Crippen LogP) is 4.69. The Labute approximate surface area is 138 Å². The maximum atomic E-state index is 13.0. The fraction of sp³-hybridized carbons (Fsp3) is 0.381. The second-order valence-corrected chi connectivity index (χ2v) is 6.53. The number of ketones is 1. The summed E-state index contributed by atoms with van der Waals surface area (Å²) in [6.45, 7) is 4.22. The fourth-order valence-electron chi connectivity index (χ4n) is 3.77. The van der Waals surface area contributed by atoms with Crippen molar-refractivity contribution >= 4 is 5.78 Å². The summed E-state index contributed by atoms with van der Waals surface area (Å²) in [5.74, 6) is 0.472. The van der Waals surface area contributed by atoms with Gasteiger partial charge in [0.15, 0.2) is 0 Å². The van der Waals surface area contributed by atoms with Gasteiger partial charge < -0.3 is 5.32 Å². The Kier molecular flexibility index (Phi) is 4.92. The Morgan fingerprint density at radius 1 is 0.870 bits per heavy atom. The van der Waals surface area contributed by atoms with E-state index in [1.54, 1.807) is 0 Å². The molecule has 1 fully saturated rings. The molecule has 0 saturated carbocycles. The Morgan fingerprint density at radius 2 is 1.39 bits per heavy atom. The van der Waals surface area contributed by atoms with Gasteiger partial charge in [-0.25, -0.2) is 0 Å². The third kappa shape index (κ3) is 3.23. The van der Waals surface area contributed by atoms with Crippen LogP contribution in [0.4, 0.5) is 0 Å². The molecule has 1 heterocycles. The average Bonchev–Trinajstić information content (AvgIpc) is 2.61. The monoisotopic (exact) mass is 307 g/mol. The molecule has 0 radical (unpaired) electrons. The van der Waals surface area contributed by atoms with Gasteiger partial charge in [-0.15, -0.1) is 0 Å². The summed E-state index contributed by atoms with van der Waals surface area (Å²) in [5, 5.41) is 3.78. The summed E-state index contributed by atoms with van der Waals surface area (Å²) < 4.78 is 0. The van der Waals surface area contributed by atoms with Crippen LogP contribution in [-0.2, 0) is 4.79 Å². The highest BCUT2D eigenvalue weighted by atomic mass is 16.1. The van der Waals surface area contributed by atoms with Crippen LogP contribution in [0.1, 0.15) is 49.9 Å². The number of carbonyl (C=O) groups is 1. The van der Waals surface area contributed by atoms with Crippen LogP contribution in [0.3, 0.4) is 0 Å². The number of rotatable bonds is 4. The summed E-state index contributed by atoms with van der Waals surface area (Å²) in [5.41, 5.74) is 2.41. The lowest BCUT2D eigenvalue weighted by molar-refractivity contribution is -0.131. The summed E-state index contributed by atoms with van der Waals surface area (Å²) in [7, 11) is 0. The molecule has 1 N–H and O–H groups in total. The first kappa shape index (κ1) is 15.9. The normalized spacial score (nSPS) is 27.8. The molecule has 0 spiro atoms. The van der Waals surface area contributed by atoms with Gasteiger partial charge in [-0.3, -0.25) is 4.79 Å². The van der Waals surface area contributed by atoms with Crippen LogP contribution in [0.5, 0.6) is 0 Å². The lowest BCUT2D eigenvalue weighted by atomic mass is 9.74. The first-order valence-corrected chi connectivity index (χ1v) is 8.62. The molecule has 120 valence electrons. The first-order chi connectivity index (χ1) is 11.2. The molecule has 4 unspecified atom stereocenters. The van der Waals surface area contributed by atoms with Gasteiger partial charge >= 0.3 is 0 Å². The lowest BCUT2D eigenvalue weighted by Crippen LogP contribution is -2.47. The number of hydrogen-bond donors (Lipinski definition) is 1. The SMILES string of the molecule is CCCC1C(=O)C(C)C(c2ccccc2)NC1c1ccccc1. The third-order valence-electron chi connectivity index (χ3n) is 4.99. The molecule has 1 saturated heterocycles. The van der Waals surface area contributed by atoms with Crippen molar-refractivity contribution in [3.63, 3.8) is 0 Å². The lowest BCUT2D eigenvalue weighted by Gasteiger charge is -2.41. The van der Waals surface area contributed by atoms with Crippen LogP contribution >= 0.6 is 0 Å². The van der Waals surface area contributed by atoms with Gasteiger partial charge in [-0.05, 0) is 17.5 Å². The molecule has 1 aliphatic rings. The highest BCUT2D eigenvalue weighted by molar-refractivity contribution is 5.85. The highest BCUT2D eigenvalue weighted by Crippen LogP contribution is 2.40. The zero-order valence-corrected chi connectivity index (χ0v) is 13.9. The van der Waals surface area contributed by atoms with Crippen molar-refractivity contribution in [2.75, 3.05) is 0 Å². The van der Waals surface area contributed by atoms with E-state index >= 15 is 0 Å². The molecule has 3 rings (SSSR count). The van der Waals surface area contributed by atoms with Crippen molar-refractivity contribution < 1.29 is 4.79 Å². The summed E-state index contributed by atoms with van der Waals surface area (Å²) >= 11 is 0. The zero-order valence-electron chi connectivity index (χ0n) is 13.9. The first-order valence-electron chi connectivity index (χ1n) is 8.62. The standard InChI is InChI=1S/C21H25NO/c1-3-10-18-20(17-13-8-5-9-14-17)22-19(15(2)21(18)23)16-11-6-4-7-12-16/h4-9,11-15,18-20,22H,3,10H2,1-2H3. The van der Waals surface area contributed by atoms with E-state index in [4.69, 9.17) is 0 Å². The number of nitrogens with one attached hydrogen (secondary N) is 1. The number of carbonyl (C=O) groups excluding carboxylic acids is 1. The molecule has 4 atom stereocenters. The molecule has 2 nitrogen and oxygen atoms in total. The van der Waals surface area contributed by atoms with Crippen molar-refractivity contribution in [1.29, 1.82) is 0 Å². The summed E-state index contributed by atoms with van der Waals surface area (Å²) in [4.78, 5) is 13.0. The van der Waals surface area contributed by atoms with Crippen molar-refractivity contribution in [2.45, 2.75) is 38.8 Å². The number of benzene rings is 2. The van der Waals surface area contributed by atoms with E-state index in [2.05, 4.69) is 55.6 Å². The molecule has 2 heteroatoms. The fourth-order valence-corrected chi connectivity index (χ4v) is 3.77. The minimum absolute atomic E-state index is 0.00825. The van der Waals surface area contributed by atoms with Gasteiger partial charge in [0.1, 0.15) is 5.78 Å². The molecule has 23 heavy (non-hydrogen) atoms. The minimum atomic E-state index is 0.00825. The van der Waals surface area contributed by atoms with Gasteiger partial charge in [0.25, 0.3) is 0 Å². The zero-order chi connectivity index (χ0) is 16.2. The number of Topliss-reactive ketones (excluding diaryl/α,β-unsaturated/α-hetero) is 1. The Balaban J connectivity index is 1.96. The molecule has 2 aromatic carbocycles. The van der Waals surface area contributed by atoms with Crippen LogP contribution in [-0.4, -0.2) is 5.78 Å². The van der Waals surface area contributed by atoms with Crippen molar-refractivity contribution in [3.05, 3.63) is 71.8 Å². The molecule has 1 aliphatic heterocycles. The van der Waals surface area contributed by atoms with Crippen LogP contribution < -0.4 is 5.32 Å². The number of hydrogen-bond acceptors (Lipinski definition) is 2. The van der Waals surface area contributed by atoms with Gasteiger partial charge in [-0.1, -0.05) is 80.9 Å². The predicted molar refractivity (Wildman–Crippen MR) is 94.1 cm³/mol. The van der Waals surface area contributed by atoms with E-state index in [-0.39, 0.29) is 23.9 Å². The van der Waals surface area contributed by atoms with Crippen LogP contribution in [0.2, 0.25) is 0 Å². The molecule has 2 aromatic rings. The third-order valence-corrected chi connectivity index (χ3v) is 4.99. The van der Waals surface area contributed by atoms with Crippen LogP contribution in [0.15, 0.2) is 60.7 Å². The highest BCUT2D eigenvalue weighted by Gasteiger charge is 2.41. The van der Waals surface area contributed by atoms with Gasteiger partial charge in [0, 0.05) is 23.9 Å². The van der Waals surface area contributed by atoms with Gasteiger partial charge in [-0.2, -0.15) is 0 Å². The van der Waals surface area contributed by atoms with E-state index in [1.165, 1.54) is 11.1 Å². The second-order valence-electron chi connectivity index (χ2n) is 6.53. The average molecular weight is 307 g/mol. The van der Waals surface area contributed by atoms with Crippen molar-refractivity contribution in [3.8, 4) is 0 Å². The quantitative estimate of drug-likeness (QED) is 0.887. The second kappa shape index (κ2) is 7.10. The molecular weight excluding hydrogens is 282 g/mol. The van der Waals surface area contributed by atoms with E-state index in [0.717, 1.165) is 12.8 Å². The van der Waals surface area contributed by atoms with Gasteiger partial charge in [0.05, 0.1) is 0 Å². The van der Waals surface area contributed by atoms with E-state index in [1.807, 2.05) is 24.3 Å². The van der Waals surface area contributed by atoms with Crippen molar-refractivity contribution in [1.82, 2.24) is 5.32 Å². The summed E-state index contributed by atoms with van der Waals surface area (Å²) in [6, 6.07) is 20.9. The van der Waals surface area contributed by atoms with Crippen LogP contribution in [0, 0.1) is 11.8 Å². The van der Waals surface area contributed by atoms with E-state index in [0.29, 0.717) is 5.78 Å². The largest absolute Gasteiger partial charge is 0.302 e. The number of piperidine rings is 1. The maximum absolute atomic E-state index is 13.0. The van der Waals surface area contributed by atoms with E-state index < -0.39 is 0 Å². The Hall–Kier alpha value is -1.93. The van der Waals surface area contributed by atoms with Gasteiger partial charge in [0.2, 0.25) is 0 Å². The maximum Gasteiger partial charge on any atom is 0.142 e.